The first-order valence-corrected chi connectivity index (χ1v) is 9.83. The van der Waals surface area contributed by atoms with Crippen molar-refractivity contribution in [3.05, 3.63) is 35.6 Å². The first-order chi connectivity index (χ1) is 10.4. The summed E-state index contributed by atoms with van der Waals surface area (Å²) in [5.74, 6) is 0.193. The number of carbonyl (C=O) groups is 1. The number of aliphatic hydroxyl groups excluding tert-OH is 1. The van der Waals surface area contributed by atoms with Crippen molar-refractivity contribution in [2.24, 2.45) is 0 Å². The van der Waals surface area contributed by atoms with Gasteiger partial charge in [-0.25, -0.2) is 12.8 Å². The maximum Gasteiger partial charge on any atom is 0.221 e. The summed E-state index contributed by atoms with van der Waals surface area (Å²) in [6, 6.07) is 5.47. The van der Waals surface area contributed by atoms with Crippen LogP contribution in [0.25, 0.3) is 0 Å². The zero-order chi connectivity index (χ0) is 16.2. The maximum absolute atomic E-state index is 12.7. The molecule has 1 aliphatic heterocycles. The Kier molecular flexibility index (Phi) is 5.82. The fraction of sp³-hybridized carbons (Fsp3) is 0.500. The Morgan fingerprint density at radius 1 is 1.32 bits per heavy atom. The van der Waals surface area contributed by atoms with Crippen LogP contribution < -0.4 is 5.32 Å². The molecule has 0 spiro atoms. The van der Waals surface area contributed by atoms with Crippen LogP contribution in [0.1, 0.15) is 12.0 Å². The lowest BCUT2D eigenvalue weighted by atomic mass is 10.2. The van der Waals surface area contributed by atoms with Crippen LogP contribution in [0.15, 0.2) is 24.3 Å². The van der Waals surface area contributed by atoms with Gasteiger partial charge in [-0.2, -0.15) is 11.8 Å². The molecule has 1 aromatic carbocycles. The first-order valence-electron chi connectivity index (χ1n) is 6.86. The van der Waals surface area contributed by atoms with Gasteiger partial charge in [0.25, 0.3) is 0 Å². The minimum Gasteiger partial charge on any atom is -0.390 e. The molecule has 5 nitrogen and oxygen atoms in total. The van der Waals surface area contributed by atoms with Crippen LogP contribution in [0.5, 0.6) is 0 Å². The van der Waals surface area contributed by atoms with Gasteiger partial charge < -0.3 is 10.4 Å². The van der Waals surface area contributed by atoms with E-state index in [4.69, 9.17) is 0 Å². The van der Waals surface area contributed by atoms with Crippen LogP contribution in [0, 0.1) is 5.82 Å². The van der Waals surface area contributed by atoms with Crippen molar-refractivity contribution in [3.8, 4) is 0 Å². The zero-order valence-electron chi connectivity index (χ0n) is 11.9. The highest BCUT2D eigenvalue weighted by Gasteiger charge is 2.37. The van der Waals surface area contributed by atoms with Gasteiger partial charge in [-0.1, -0.05) is 12.1 Å². The standard InChI is InChI=1S/C14H18FNO4S2/c15-11-3-1-10(2-4-11)7-21-6-5-14(18)16-12-8-22(19,20)9-13(12)17/h1-4,12-13,17H,5-9H2,(H,16,18)/t12-,13-/m1/s1. The van der Waals surface area contributed by atoms with E-state index in [1.807, 2.05) is 0 Å². The van der Waals surface area contributed by atoms with Crippen molar-refractivity contribution in [1.82, 2.24) is 5.32 Å². The number of hydrogen-bond donors (Lipinski definition) is 2. The molecular formula is C14H18FNO4S2. The molecule has 0 radical (unpaired) electrons. The van der Waals surface area contributed by atoms with Crippen molar-refractivity contribution < 1.29 is 22.7 Å². The number of aliphatic hydroxyl groups is 1. The van der Waals surface area contributed by atoms with E-state index in [9.17, 15) is 22.7 Å². The number of nitrogens with one attached hydrogen (secondary N) is 1. The lowest BCUT2D eigenvalue weighted by Gasteiger charge is -2.14. The molecule has 1 aliphatic rings. The average molecular weight is 347 g/mol. The van der Waals surface area contributed by atoms with E-state index in [2.05, 4.69) is 5.32 Å². The Balaban J connectivity index is 1.67. The summed E-state index contributed by atoms with van der Waals surface area (Å²) >= 11 is 1.54. The summed E-state index contributed by atoms with van der Waals surface area (Å²) in [7, 11) is -3.26. The number of thioether (sulfide) groups is 1. The summed E-state index contributed by atoms with van der Waals surface area (Å²) in [5, 5.41) is 12.1. The number of halogens is 1. The fourth-order valence-electron chi connectivity index (χ4n) is 2.18. The van der Waals surface area contributed by atoms with Gasteiger partial charge in [0.1, 0.15) is 5.82 Å². The molecule has 0 aromatic heterocycles. The topological polar surface area (TPSA) is 83.5 Å². The Bertz CT molecular complexity index is 618. The predicted molar refractivity (Wildman–Crippen MR) is 83.8 cm³/mol. The normalized spacial score (nSPS) is 23.4. The van der Waals surface area contributed by atoms with E-state index in [-0.39, 0.29) is 29.7 Å². The molecule has 0 saturated carbocycles. The van der Waals surface area contributed by atoms with Crippen LogP contribution in [0.3, 0.4) is 0 Å². The molecule has 2 rings (SSSR count). The highest BCUT2D eigenvalue weighted by Crippen LogP contribution is 2.15. The molecule has 22 heavy (non-hydrogen) atoms. The number of benzene rings is 1. The van der Waals surface area contributed by atoms with Gasteiger partial charge in [-0.05, 0) is 17.7 Å². The van der Waals surface area contributed by atoms with Gasteiger partial charge in [-0.3, -0.25) is 4.79 Å². The maximum atomic E-state index is 12.7. The molecule has 1 saturated heterocycles. The molecule has 2 N–H and O–H groups in total. The third-order valence-corrected chi connectivity index (χ3v) is 6.07. The second-order valence-corrected chi connectivity index (χ2v) is 8.51. The van der Waals surface area contributed by atoms with Crippen molar-refractivity contribution in [3.63, 3.8) is 0 Å². The summed E-state index contributed by atoms with van der Waals surface area (Å²) < 4.78 is 35.4. The third kappa shape index (κ3) is 5.26. The van der Waals surface area contributed by atoms with Gasteiger partial charge in [0, 0.05) is 17.9 Å². The number of rotatable bonds is 6. The fourth-order valence-corrected chi connectivity index (χ4v) is 4.82. The van der Waals surface area contributed by atoms with Crippen molar-refractivity contribution in [1.29, 1.82) is 0 Å². The van der Waals surface area contributed by atoms with E-state index < -0.39 is 22.0 Å². The Labute approximate surface area is 133 Å². The van der Waals surface area contributed by atoms with Gasteiger partial charge in [-0.15, -0.1) is 0 Å². The van der Waals surface area contributed by atoms with Crippen LogP contribution in [0.4, 0.5) is 4.39 Å². The highest BCUT2D eigenvalue weighted by molar-refractivity contribution is 7.98. The quantitative estimate of drug-likeness (QED) is 0.741. The van der Waals surface area contributed by atoms with Crippen LogP contribution >= 0.6 is 11.8 Å². The molecular weight excluding hydrogens is 329 g/mol. The second-order valence-electron chi connectivity index (χ2n) is 5.25. The molecule has 0 unspecified atom stereocenters. The van der Waals surface area contributed by atoms with Gasteiger partial charge >= 0.3 is 0 Å². The minimum atomic E-state index is -3.26. The van der Waals surface area contributed by atoms with E-state index in [0.717, 1.165) is 5.56 Å². The number of hydrogen-bond acceptors (Lipinski definition) is 5. The molecule has 1 fully saturated rings. The number of sulfone groups is 1. The molecule has 8 heteroatoms. The van der Waals surface area contributed by atoms with Crippen molar-refractivity contribution >= 4 is 27.5 Å². The van der Waals surface area contributed by atoms with Crippen molar-refractivity contribution in [2.45, 2.75) is 24.3 Å². The highest BCUT2D eigenvalue weighted by atomic mass is 32.2. The monoisotopic (exact) mass is 347 g/mol. The molecule has 122 valence electrons. The molecule has 1 amide bonds. The molecule has 2 atom stereocenters. The minimum absolute atomic E-state index is 0.206. The number of amides is 1. The van der Waals surface area contributed by atoms with Gasteiger partial charge in [0.2, 0.25) is 5.91 Å². The first kappa shape index (κ1) is 17.2. The Morgan fingerprint density at radius 3 is 2.59 bits per heavy atom. The summed E-state index contributed by atoms with van der Waals surface area (Å²) in [5.41, 5.74) is 0.976. The van der Waals surface area contributed by atoms with Crippen molar-refractivity contribution in [2.75, 3.05) is 17.3 Å². The molecule has 0 aliphatic carbocycles. The largest absolute Gasteiger partial charge is 0.390 e. The number of carbonyl (C=O) groups excluding carboxylic acids is 1. The Morgan fingerprint density at radius 2 is 2.00 bits per heavy atom. The summed E-state index contributed by atoms with van der Waals surface area (Å²) in [6.07, 6.45) is -0.782. The Hall–Kier alpha value is -1.12. The smallest absolute Gasteiger partial charge is 0.221 e. The zero-order valence-corrected chi connectivity index (χ0v) is 13.5. The van der Waals surface area contributed by atoms with Crippen LogP contribution in [-0.4, -0.2) is 48.8 Å². The van der Waals surface area contributed by atoms with Crippen LogP contribution in [-0.2, 0) is 20.4 Å². The lowest BCUT2D eigenvalue weighted by Crippen LogP contribution is -2.42. The van der Waals surface area contributed by atoms with Gasteiger partial charge in [0.15, 0.2) is 9.84 Å². The van der Waals surface area contributed by atoms with Crippen LogP contribution in [0.2, 0.25) is 0 Å². The molecule has 1 heterocycles. The van der Waals surface area contributed by atoms with E-state index >= 15 is 0 Å². The lowest BCUT2D eigenvalue weighted by molar-refractivity contribution is -0.121. The third-order valence-electron chi connectivity index (χ3n) is 3.32. The molecule has 1 aromatic rings. The van der Waals surface area contributed by atoms with Gasteiger partial charge in [0.05, 0.1) is 23.7 Å². The van der Waals surface area contributed by atoms with E-state index in [1.165, 1.54) is 23.9 Å². The average Bonchev–Trinajstić information content (AvgIpc) is 2.69. The SMILES string of the molecule is O=C(CCSCc1ccc(F)cc1)N[C@@H]1CS(=O)(=O)C[C@H]1O. The summed E-state index contributed by atoms with van der Waals surface area (Å²) in [4.78, 5) is 11.7. The molecule has 0 bridgehead atoms. The van der Waals surface area contributed by atoms with E-state index in [0.29, 0.717) is 11.5 Å². The van der Waals surface area contributed by atoms with E-state index in [1.54, 1.807) is 12.1 Å². The summed E-state index contributed by atoms with van der Waals surface area (Å²) in [6.45, 7) is 0. The second kappa shape index (κ2) is 7.43. The predicted octanol–water partition coefficient (Wildman–Crippen LogP) is 0.723.